The monoisotopic (exact) mass is 337 g/mol. The van der Waals surface area contributed by atoms with E-state index in [9.17, 15) is 23.1 Å². The molecule has 9 heteroatoms. The molecule has 0 spiro atoms. The van der Waals surface area contributed by atoms with Gasteiger partial charge >= 0.3 is 12.2 Å². The molecule has 1 heterocycles. The number of nitrogens with one attached hydrogen (secondary N) is 2. The number of halogens is 3. The van der Waals surface area contributed by atoms with Gasteiger partial charge in [0.15, 0.2) is 5.69 Å². The smallest absolute Gasteiger partial charge is 0.396 e. The number of rotatable bonds is 4. The number of carbonyl (C=O) groups excluding carboxylic acids is 1. The molecule has 1 aliphatic rings. The number of alkyl halides is 3. The zero-order valence-corrected chi connectivity index (χ0v) is 12.6. The number of amides is 2. The van der Waals surface area contributed by atoms with Gasteiger partial charge in [0.1, 0.15) is 5.01 Å². The minimum absolute atomic E-state index is 0.0202. The Kier molecular flexibility index (Phi) is 5.63. The second kappa shape index (κ2) is 7.28. The number of hydrogen-bond acceptors (Lipinski definition) is 4. The van der Waals surface area contributed by atoms with Gasteiger partial charge < -0.3 is 15.7 Å². The molecule has 0 aliphatic heterocycles. The fraction of sp³-hybridized carbons (Fsp3) is 0.692. The van der Waals surface area contributed by atoms with E-state index >= 15 is 0 Å². The first-order chi connectivity index (χ1) is 10.4. The highest BCUT2D eigenvalue weighted by Gasteiger charge is 2.33. The lowest BCUT2D eigenvalue weighted by atomic mass is 9.85. The van der Waals surface area contributed by atoms with Gasteiger partial charge in [0.05, 0.1) is 6.54 Å². The summed E-state index contributed by atoms with van der Waals surface area (Å²) in [6, 6.07) is -0.546. The molecule has 5 nitrogen and oxygen atoms in total. The molecule has 0 aromatic carbocycles. The van der Waals surface area contributed by atoms with Crippen LogP contribution >= 0.6 is 11.3 Å². The van der Waals surface area contributed by atoms with Crippen LogP contribution in [0.2, 0.25) is 0 Å². The number of thiazole rings is 1. The van der Waals surface area contributed by atoms with Gasteiger partial charge in [-0.05, 0) is 12.8 Å². The molecule has 124 valence electrons. The van der Waals surface area contributed by atoms with E-state index in [2.05, 4.69) is 15.6 Å². The van der Waals surface area contributed by atoms with E-state index in [0.717, 1.165) is 42.4 Å². The van der Waals surface area contributed by atoms with E-state index in [1.54, 1.807) is 0 Å². The first-order valence-corrected chi connectivity index (χ1v) is 7.95. The van der Waals surface area contributed by atoms with Gasteiger partial charge in [-0.3, -0.25) is 0 Å². The lowest BCUT2D eigenvalue weighted by molar-refractivity contribution is -0.140. The van der Waals surface area contributed by atoms with Crippen molar-refractivity contribution in [1.82, 2.24) is 15.6 Å². The maximum absolute atomic E-state index is 12.4. The van der Waals surface area contributed by atoms with Crippen LogP contribution in [0.25, 0.3) is 0 Å². The van der Waals surface area contributed by atoms with Crippen molar-refractivity contribution >= 4 is 17.4 Å². The third kappa shape index (κ3) is 4.57. The second-order valence-electron chi connectivity index (χ2n) is 5.28. The Hall–Kier alpha value is -1.35. The first-order valence-electron chi connectivity index (χ1n) is 7.07. The Morgan fingerprint density at radius 1 is 1.41 bits per heavy atom. The number of nitrogens with zero attached hydrogens (tertiary/aromatic N) is 1. The Morgan fingerprint density at radius 2 is 2.14 bits per heavy atom. The van der Waals surface area contributed by atoms with Crippen LogP contribution in [-0.2, 0) is 12.7 Å². The largest absolute Gasteiger partial charge is 0.434 e. The number of urea groups is 1. The summed E-state index contributed by atoms with van der Waals surface area (Å²) >= 11 is 0.856. The summed E-state index contributed by atoms with van der Waals surface area (Å²) in [5.74, 6) is 0.0381. The molecule has 2 rings (SSSR count). The Balaban J connectivity index is 1.81. The van der Waals surface area contributed by atoms with Gasteiger partial charge in [0.25, 0.3) is 0 Å². The minimum Gasteiger partial charge on any atom is -0.396 e. The maximum Gasteiger partial charge on any atom is 0.434 e. The molecule has 1 fully saturated rings. The summed E-state index contributed by atoms with van der Waals surface area (Å²) in [4.78, 5) is 15.2. The lowest BCUT2D eigenvalue weighted by Crippen LogP contribution is -2.47. The molecule has 0 saturated heterocycles. The summed E-state index contributed by atoms with van der Waals surface area (Å²) in [6.45, 7) is -0.0323. The molecule has 2 amide bonds. The molecule has 1 aliphatic carbocycles. The van der Waals surface area contributed by atoms with Crippen LogP contribution in [-0.4, -0.2) is 28.8 Å². The molecule has 1 saturated carbocycles. The Labute approximate surface area is 129 Å². The van der Waals surface area contributed by atoms with Crippen molar-refractivity contribution in [1.29, 1.82) is 0 Å². The summed E-state index contributed by atoms with van der Waals surface area (Å²) in [5.41, 5.74) is -0.942. The first kappa shape index (κ1) is 17.0. The standard InChI is InChI=1S/C13H18F3N3O2S/c14-13(15,16)10-7-22-11(19-10)5-17-12(21)18-9-4-2-1-3-8(9)6-20/h7-9,20H,1-6H2,(H2,17,18,21). The van der Waals surface area contributed by atoms with Gasteiger partial charge in [-0.1, -0.05) is 12.8 Å². The van der Waals surface area contributed by atoms with Crippen molar-refractivity contribution in [2.45, 2.75) is 44.4 Å². The molecule has 2 unspecified atom stereocenters. The van der Waals surface area contributed by atoms with Crippen LogP contribution < -0.4 is 10.6 Å². The fourth-order valence-corrected chi connectivity index (χ4v) is 3.25. The van der Waals surface area contributed by atoms with Crippen molar-refractivity contribution in [2.75, 3.05) is 6.61 Å². The minimum atomic E-state index is -4.46. The average molecular weight is 337 g/mol. The van der Waals surface area contributed by atoms with E-state index in [-0.39, 0.29) is 30.1 Å². The lowest BCUT2D eigenvalue weighted by Gasteiger charge is -2.30. The highest BCUT2D eigenvalue weighted by molar-refractivity contribution is 7.09. The molecular weight excluding hydrogens is 319 g/mol. The van der Waals surface area contributed by atoms with Crippen LogP contribution in [0.5, 0.6) is 0 Å². The van der Waals surface area contributed by atoms with Gasteiger partial charge in [-0.15, -0.1) is 11.3 Å². The Bertz CT molecular complexity index is 507. The summed E-state index contributed by atoms with van der Waals surface area (Å²) in [6.07, 6.45) is -0.780. The summed E-state index contributed by atoms with van der Waals surface area (Å²) in [7, 11) is 0. The third-order valence-corrected chi connectivity index (χ3v) is 4.55. The van der Waals surface area contributed by atoms with Gasteiger partial charge in [-0.2, -0.15) is 13.2 Å². The van der Waals surface area contributed by atoms with Crippen molar-refractivity contribution in [3.63, 3.8) is 0 Å². The second-order valence-corrected chi connectivity index (χ2v) is 6.23. The average Bonchev–Trinajstić information content (AvgIpc) is 2.95. The van der Waals surface area contributed by atoms with E-state index in [0.29, 0.717) is 0 Å². The molecular formula is C13H18F3N3O2S. The molecule has 3 N–H and O–H groups in total. The van der Waals surface area contributed by atoms with Crippen LogP contribution in [0.15, 0.2) is 5.38 Å². The SMILES string of the molecule is O=C(NCc1nc(C(F)(F)F)cs1)NC1CCCCC1CO. The van der Waals surface area contributed by atoms with E-state index in [4.69, 9.17) is 0 Å². The maximum atomic E-state index is 12.4. The third-order valence-electron chi connectivity index (χ3n) is 3.70. The van der Waals surface area contributed by atoms with Crippen LogP contribution in [0.4, 0.5) is 18.0 Å². The highest BCUT2D eigenvalue weighted by atomic mass is 32.1. The van der Waals surface area contributed by atoms with E-state index < -0.39 is 17.9 Å². The molecule has 0 radical (unpaired) electrons. The molecule has 1 aromatic heterocycles. The van der Waals surface area contributed by atoms with Gasteiger partial charge in [0, 0.05) is 23.9 Å². The van der Waals surface area contributed by atoms with Crippen molar-refractivity contribution in [3.8, 4) is 0 Å². The predicted molar refractivity (Wildman–Crippen MR) is 75.3 cm³/mol. The number of aliphatic hydroxyl groups excluding tert-OH is 1. The summed E-state index contributed by atoms with van der Waals surface area (Å²) < 4.78 is 37.2. The zero-order chi connectivity index (χ0) is 16.2. The topological polar surface area (TPSA) is 74.2 Å². The molecule has 0 bridgehead atoms. The quantitative estimate of drug-likeness (QED) is 0.790. The number of hydrogen-bond donors (Lipinski definition) is 3. The highest BCUT2D eigenvalue weighted by Crippen LogP contribution is 2.30. The molecule has 2 atom stereocenters. The number of aromatic nitrogens is 1. The van der Waals surface area contributed by atoms with E-state index in [1.807, 2.05) is 0 Å². The van der Waals surface area contributed by atoms with Crippen molar-refractivity contribution < 1.29 is 23.1 Å². The molecule has 1 aromatic rings. The normalized spacial score (nSPS) is 22.4. The number of carbonyl (C=O) groups is 1. The number of aliphatic hydroxyl groups is 1. The van der Waals surface area contributed by atoms with Gasteiger partial charge in [0.2, 0.25) is 0 Å². The predicted octanol–water partition coefficient (Wildman–Crippen LogP) is 2.51. The summed E-state index contributed by atoms with van der Waals surface area (Å²) in [5, 5.41) is 15.7. The van der Waals surface area contributed by atoms with Crippen LogP contribution in [0.1, 0.15) is 36.4 Å². The van der Waals surface area contributed by atoms with Crippen molar-refractivity contribution in [2.24, 2.45) is 5.92 Å². The zero-order valence-electron chi connectivity index (χ0n) is 11.8. The Morgan fingerprint density at radius 3 is 2.77 bits per heavy atom. The van der Waals surface area contributed by atoms with Crippen LogP contribution in [0.3, 0.4) is 0 Å². The van der Waals surface area contributed by atoms with Crippen LogP contribution in [0, 0.1) is 5.92 Å². The fourth-order valence-electron chi connectivity index (χ4n) is 2.51. The van der Waals surface area contributed by atoms with E-state index in [1.165, 1.54) is 0 Å². The van der Waals surface area contributed by atoms with Crippen molar-refractivity contribution in [3.05, 3.63) is 16.1 Å². The van der Waals surface area contributed by atoms with Gasteiger partial charge in [-0.25, -0.2) is 9.78 Å². The molecule has 22 heavy (non-hydrogen) atoms.